The highest BCUT2D eigenvalue weighted by atomic mass is 79.9. The summed E-state index contributed by atoms with van der Waals surface area (Å²) in [6.45, 7) is 8.50. The molecule has 1 unspecified atom stereocenters. The maximum atomic E-state index is 13.3. The largest absolute Gasteiger partial charge is 0.467 e. The molecule has 0 radical (unpaired) electrons. The lowest BCUT2D eigenvalue weighted by Gasteiger charge is -2.28. The molecule has 0 bridgehead atoms. The van der Waals surface area contributed by atoms with Gasteiger partial charge in [-0.2, -0.15) is 8.42 Å². The summed E-state index contributed by atoms with van der Waals surface area (Å²) in [5.74, 6) is -1.58. The van der Waals surface area contributed by atoms with Crippen molar-refractivity contribution in [3.8, 4) is 0 Å². The second-order valence-corrected chi connectivity index (χ2v) is 12.0. The molecule has 0 spiro atoms. The Hall–Kier alpha value is -2.44. The molecular weight excluding hydrogens is 544 g/mol. The van der Waals surface area contributed by atoms with E-state index in [2.05, 4.69) is 27.8 Å². The smallest absolute Gasteiger partial charge is 0.411 e. The molecule has 192 valence electrons. The summed E-state index contributed by atoms with van der Waals surface area (Å²) in [5.41, 5.74) is -2.12. The number of esters is 1. The maximum Gasteiger partial charge on any atom is 0.411 e. The molecule has 0 aromatic heterocycles. The molecule has 1 aromatic rings. The molecule has 12 heteroatoms. The van der Waals surface area contributed by atoms with Gasteiger partial charge in [0.05, 0.1) is 24.7 Å². The molecule has 4 atom stereocenters. The fraction of sp³-hybridized carbons (Fsp3) is 0.522. The summed E-state index contributed by atoms with van der Waals surface area (Å²) < 4.78 is 41.9. The number of amides is 2. The van der Waals surface area contributed by atoms with Crippen molar-refractivity contribution in [2.45, 2.75) is 61.8 Å². The van der Waals surface area contributed by atoms with Gasteiger partial charge >= 0.3 is 12.1 Å². The van der Waals surface area contributed by atoms with Crippen LogP contribution < -0.4 is 5.32 Å². The van der Waals surface area contributed by atoms with Crippen LogP contribution in [0.15, 0.2) is 46.3 Å². The number of hydrogen-bond acceptors (Lipinski definition) is 8. The van der Waals surface area contributed by atoms with Crippen LogP contribution in [-0.2, 0) is 33.4 Å². The Morgan fingerprint density at radius 3 is 2.37 bits per heavy atom. The standard InChI is InChI=1S/C23H29BrN2O8S/c1-6-14-12-23(14,20(28)32-5)25-19(27)18-11-16(13-26(18)21(29)33-22(2,3)4)34-35(30,31)17-9-7-15(24)8-10-17/h6-10,14,16,18H,1,11-13H2,2-5H3,(H,25,27)/t14?,16-,18-,23+/m0/s1. The Morgan fingerprint density at radius 1 is 1.23 bits per heavy atom. The van der Waals surface area contributed by atoms with Crippen LogP contribution in [0.25, 0.3) is 0 Å². The Bertz CT molecular complexity index is 1120. The number of nitrogens with zero attached hydrogens (tertiary/aromatic N) is 1. The van der Waals surface area contributed by atoms with Crippen LogP contribution in [0.5, 0.6) is 0 Å². The maximum absolute atomic E-state index is 13.3. The highest BCUT2D eigenvalue weighted by Crippen LogP contribution is 2.45. The minimum atomic E-state index is -4.17. The van der Waals surface area contributed by atoms with E-state index in [0.717, 1.165) is 4.90 Å². The summed E-state index contributed by atoms with van der Waals surface area (Å²) in [5, 5.41) is 2.69. The average molecular weight is 573 g/mol. The van der Waals surface area contributed by atoms with E-state index in [1.54, 1.807) is 39.0 Å². The minimum absolute atomic E-state index is 0.0612. The van der Waals surface area contributed by atoms with Gasteiger partial charge in [0.25, 0.3) is 10.1 Å². The first kappa shape index (κ1) is 27.2. The number of hydrogen-bond donors (Lipinski definition) is 1. The van der Waals surface area contributed by atoms with Gasteiger partial charge in [-0.05, 0) is 51.5 Å². The molecule has 3 rings (SSSR count). The van der Waals surface area contributed by atoms with Gasteiger partial charge in [0.1, 0.15) is 17.2 Å². The van der Waals surface area contributed by atoms with E-state index >= 15 is 0 Å². The van der Waals surface area contributed by atoms with Crippen molar-refractivity contribution < 1.29 is 36.5 Å². The molecule has 1 aliphatic carbocycles. The monoisotopic (exact) mass is 572 g/mol. The van der Waals surface area contributed by atoms with Gasteiger partial charge in [-0.3, -0.25) is 13.9 Å². The first-order valence-electron chi connectivity index (χ1n) is 10.9. The van der Waals surface area contributed by atoms with Crippen LogP contribution in [0.4, 0.5) is 4.79 Å². The summed E-state index contributed by atoms with van der Waals surface area (Å²) in [7, 11) is -2.95. The van der Waals surface area contributed by atoms with Crippen molar-refractivity contribution >= 4 is 44.0 Å². The Labute approximate surface area is 213 Å². The third kappa shape index (κ3) is 6.04. The van der Waals surface area contributed by atoms with Gasteiger partial charge in [0.2, 0.25) is 5.91 Å². The van der Waals surface area contributed by atoms with Gasteiger partial charge in [-0.15, -0.1) is 6.58 Å². The molecule has 2 fully saturated rings. The lowest BCUT2D eigenvalue weighted by atomic mass is 10.1. The zero-order valence-corrected chi connectivity index (χ0v) is 22.3. The van der Waals surface area contributed by atoms with Crippen LogP contribution in [0, 0.1) is 5.92 Å². The predicted molar refractivity (Wildman–Crippen MR) is 129 cm³/mol. The summed E-state index contributed by atoms with van der Waals surface area (Å²) in [6, 6.07) is 4.76. The number of rotatable bonds is 7. The van der Waals surface area contributed by atoms with Gasteiger partial charge in [-0.25, -0.2) is 9.59 Å². The molecule has 1 heterocycles. The molecule has 1 aliphatic heterocycles. The number of ether oxygens (including phenoxy) is 2. The predicted octanol–water partition coefficient (Wildman–Crippen LogP) is 2.77. The minimum Gasteiger partial charge on any atom is -0.467 e. The third-order valence-corrected chi connectivity index (χ3v) is 7.66. The first-order valence-corrected chi connectivity index (χ1v) is 13.1. The molecule has 1 saturated heterocycles. The molecule has 2 amide bonds. The van der Waals surface area contributed by atoms with Crippen molar-refractivity contribution in [1.29, 1.82) is 0 Å². The molecule has 2 aliphatic rings. The second kappa shape index (κ2) is 9.90. The van der Waals surface area contributed by atoms with Crippen LogP contribution in [0.1, 0.15) is 33.6 Å². The quantitative estimate of drug-likeness (QED) is 0.300. The lowest BCUT2D eigenvalue weighted by molar-refractivity contribution is -0.147. The van der Waals surface area contributed by atoms with Crippen LogP contribution in [0.2, 0.25) is 0 Å². The Balaban J connectivity index is 1.82. The number of halogens is 1. The topological polar surface area (TPSA) is 128 Å². The van der Waals surface area contributed by atoms with Crippen LogP contribution >= 0.6 is 15.9 Å². The van der Waals surface area contributed by atoms with Gasteiger partial charge in [0, 0.05) is 16.8 Å². The fourth-order valence-electron chi connectivity index (χ4n) is 3.96. The number of nitrogens with one attached hydrogen (secondary N) is 1. The van der Waals surface area contributed by atoms with Gasteiger partial charge in [0.15, 0.2) is 0 Å². The molecular formula is C23H29BrN2O8S. The van der Waals surface area contributed by atoms with E-state index in [0.29, 0.717) is 10.9 Å². The summed E-state index contributed by atoms with van der Waals surface area (Å²) in [4.78, 5) is 39.6. The van der Waals surface area contributed by atoms with E-state index in [4.69, 9.17) is 13.7 Å². The molecule has 1 N–H and O–H groups in total. The van der Waals surface area contributed by atoms with Crippen molar-refractivity contribution in [3.63, 3.8) is 0 Å². The van der Waals surface area contributed by atoms with Crippen molar-refractivity contribution in [2.24, 2.45) is 5.92 Å². The molecule has 35 heavy (non-hydrogen) atoms. The number of carbonyl (C=O) groups excluding carboxylic acids is 3. The van der Waals surface area contributed by atoms with E-state index in [1.165, 1.54) is 19.2 Å². The van der Waals surface area contributed by atoms with E-state index in [-0.39, 0.29) is 23.8 Å². The fourth-order valence-corrected chi connectivity index (χ4v) is 5.30. The van der Waals surface area contributed by atoms with Crippen molar-refractivity contribution in [1.82, 2.24) is 10.2 Å². The normalized spacial score (nSPS) is 26.1. The number of methoxy groups -OCH3 is 1. The van der Waals surface area contributed by atoms with Crippen molar-refractivity contribution in [3.05, 3.63) is 41.4 Å². The zero-order chi connectivity index (χ0) is 26.2. The third-order valence-electron chi connectivity index (χ3n) is 5.75. The van der Waals surface area contributed by atoms with Gasteiger partial charge in [-0.1, -0.05) is 22.0 Å². The van der Waals surface area contributed by atoms with Crippen LogP contribution in [-0.4, -0.2) is 68.2 Å². The highest BCUT2D eigenvalue weighted by molar-refractivity contribution is 9.10. The lowest BCUT2D eigenvalue weighted by Crippen LogP contribution is -2.53. The average Bonchev–Trinajstić information content (AvgIpc) is 3.31. The highest BCUT2D eigenvalue weighted by Gasteiger charge is 2.62. The SMILES string of the molecule is C=CC1C[C@]1(NC(=O)[C@@H]1C[C@H](OS(=O)(=O)c2ccc(Br)cc2)CN1C(=O)OC(C)(C)C)C(=O)OC. The number of benzene rings is 1. The molecule has 1 aromatic carbocycles. The Kier molecular flexibility index (Phi) is 7.68. The Morgan fingerprint density at radius 2 is 1.86 bits per heavy atom. The molecule has 10 nitrogen and oxygen atoms in total. The zero-order valence-electron chi connectivity index (χ0n) is 19.9. The molecule has 1 saturated carbocycles. The number of likely N-dealkylation sites (tertiary alicyclic amines) is 1. The van der Waals surface area contributed by atoms with Gasteiger partial charge < -0.3 is 14.8 Å². The van der Waals surface area contributed by atoms with Crippen LogP contribution in [0.3, 0.4) is 0 Å². The number of carbonyl (C=O) groups is 3. The van der Waals surface area contributed by atoms with Crippen molar-refractivity contribution in [2.75, 3.05) is 13.7 Å². The second-order valence-electron chi connectivity index (χ2n) is 9.51. The first-order chi connectivity index (χ1) is 16.2. The van der Waals surface area contributed by atoms with E-state index < -0.39 is 51.4 Å². The van der Waals surface area contributed by atoms with E-state index in [1.807, 2.05) is 0 Å². The summed E-state index contributed by atoms with van der Waals surface area (Å²) in [6.07, 6.45) is -0.0554. The summed E-state index contributed by atoms with van der Waals surface area (Å²) >= 11 is 3.25. The van der Waals surface area contributed by atoms with E-state index in [9.17, 15) is 22.8 Å².